The lowest BCUT2D eigenvalue weighted by Gasteiger charge is -1.99. The Morgan fingerprint density at radius 3 is 2.56 bits per heavy atom. The standard InChI is InChI=1S/C11H9N3O2/c1-8-6-9(4-5-12-8)10-2-3-11(13-7-10)14(15)16/h2-7H,1H3. The van der Waals surface area contributed by atoms with Crippen LogP contribution in [0.3, 0.4) is 0 Å². The highest BCUT2D eigenvalue weighted by atomic mass is 16.6. The van der Waals surface area contributed by atoms with Gasteiger partial charge in [0, 0.05) is 23.5 Å². The summed E-state index contributed by atoms with van der Waals surface area (Å²) in [7, 11) is 0. The molecule has 0 spiro atoms. The fourth-order valence-electron chi connectivity index (χ4n) is 1.39. The van der Waals surface area contributed by atoms with Crippen LogP contribution in [-0.4, -0.2) is 14.9 Å². The van der Waals surface area contributed by atoms with E-state index >= 15 is 0 Å². The van der Waals surface area contributed by atoms with Crippen LogP contribution < -0.4 is 0 Å². The molecule has 0 aliphatic rings. The van der Waals surface area contributed by atoms with Crippen LogP contribution in [0.1, 0.15) is 5.69 Å². The van der Waals surface area contributed by atoms with E-state index in [9.17, 15) is 10.1 Å². The summed E-state index contributed by atoms with van der Waals surface area (Å²) in [6, 6.07) is 6.82. The zero-order valence-corrected chi connectivity index (χ0v) is 8.62. The van der Waals surface area contributed by atoms with Crippen LogP contribution in [0, 0.1) is 17.0 Å². The van der Waals surface area contributed by atoms with Gasteiger partial charge in [-0.25, -0.2) is 0 Å². The Bertz CT molecular complexity index is 523. The lowest BCUT2D eigenvalue weighted by molar-refractivity contribution is -0.389. The predicted molar refractivity (Wildman–Crippen MR) is 58.9 cm³/mol. The quantitative estimate of drug-likeness (QED) is 0.569. The van der Waals surface area contributed by atoms with Gasteiger partial charge in [0.1, 0.15) is 6.20 Å². The van der Waals surface area contributed by atoms with E-state index in [1.807, 2.05) is 19.1 Å². The van der Waals surface area contributed by atoms with E-state index in [0.29, 0.717) is 0 Å². The minimum Gasteiger partial charge on any atom is -0.358 e. The highest BCUT2D eigenvalue weighted by Crippen LogP contribution is 2.20. The summed E-state index contributed by atoms with van der Waals surface area (Å²) in [6.45, 7) is 1.89. The Balaban J connectivity index is 2.38. The highest BCUT2D eigenvalue weighted by Gasteiger charge is 2.07. The zero-order valence-electron chi connectivity index (χ0n) is 8.62. The molecular weight excluding hydrogens is 206 g/mol. The largest absolute Gasteiger partial charge is 0.363 e. The number of aryl methyl sites for hydroxylation is 1. The molecule has 2 heterocycles. The molecule has 0 bridgehead atoms. The van der Waals surface area contributed by atoms with Crippen molar-refractivity contribution in [2.24, 2.45) is 0 Å². The number of aromatic nitrogens is 2. The third-order valence-electron chi connectivity index (χ3n) is 2.16. The molecule has 0 N–H and O–H groups in total. The van der Waals surface area contributed by atoms with Crippen molar-refractivity contribution in [3.63, 3.8) is 0 Å². The molecule has 0 fully saturated rings. The summed E-state index contributed by atoms with van der Waals surface area (Å²) >= 11 is 0. The van der Waals surface area contributed by atoms with Gasteiger partial charge in [-0.15, -0.1) is 0 Å². The Morgan fingerprint density at radius 1 is 1.19 bits per heavy atom. The van der Waals surface area contributed by atoms with E-state index < -0.39 is 4.92 Å². The molecule has 0 atom stereocenters. The van der Waals surface area contributed by atoms with Crippen LogP contribution in [0.25, 0.3) is 11.1 Å². The first-order chi connectivity index (χ1) is 7.66. The lowest BCUT2D eigenvalue weighted by Crippen LogP contribution is -1.91. The number of nitro groups is 1. The van der Waals surface area contributed by atoms with Gasteiger partial charge >= 0.3 is 5.82 Å². The van der Waals surface area contributed by atoms with Crippen LogP contribution in [0.4, 0.5) is 5.82 Å². The maximum absolute atomic E-state index is 10.4. The molecule has 0 aromatic carbocycles. The van der Waals surface area contributed by atoms with Gasteiger partial charge in [0.15, 0.2) is 0 Å². The Kier molecular flexibility index (Phi) is 2.59. The average Bonchev–Trinajstić information content (AvgIpc) is 2.29. The second kappa shape index (κ2) is 4.06. The first-order valence-corrected chi connectivity index (χ1v) is 4.70. The Hall–Kier alpha value is -2.30. The fourth-order valence-corrected chi connectivity index (χ4v) is 1.39. The maximum Gasteiger partial charge on any atom is 0.363 e. The van der Waals surface area contributed by atoms with Crippen molar-refractivity contribution in [3.8, 4) is 11.1 Å². The molecule has 0 amide bonds. The monoisotopic (exact) mass is 215 g/mol. The van der Waals surface area contributed by atoms with E-state index in [0.717, 1.165) is 16.8 Å². The van der Waals surface area contributed by atoms with Gasteiger partial charge in [-0.1, -0.05) is 0 Å². The minimum absolute atomic E-state index is 0.144. The zero-order chi connectivity index (χ0) is 11.5. The third kappa shape index (κ3) is 2.03. The van der Waals surface area contributed by atoms with Gasteiger partial charge < -0.3 is 10.1 Å². The van der Waals surface area contributed by atoms with Gasteiger partial charge in [-0.2, -0.15) is 0 Å². The molecule has 5 nitrogen and oxygen atoms in total. The normalized spacial score (nSPS) is 10.1. The van der Waals surface area contributed by atoms with Crippen LogP contribution in [0.2, 0.25) is 0 Å². The van der Waals surface area contributed by atoms with Gasteiger partial charge in [-0.05, 0) is 40.6 Å². The lowest BCUT2D eigenvalue weighted by atomic mass is 10.1. The SMILES string of the molecule is Cc1cc(-c2ccc([N+](=O)[O-])nc2)ccn1. The first-order valence-electron chi connectivity index (χ1n) is 4.70. The van der Waals surface area contributed by atoms with E-state index in [2.05, 4.69) is 9.97 Å². The summed E-state index contributed by atoms with van der Waals surface area (Å²) in [6.07, 6.45) is 3.19. The Morgan fingerprint density at radius 2 is 2.00 bits per heavy atom. The van der Waals surface area contributed by atoms with E-state index in [-0.39, 0.29) is 5.82 Å². The van der Waals surface area contributed by atoms with Gasteiger partial charge in [-0.3, -0.25) is 4.98 Å². The summed E-state index contributed by atoms with van der Waals surface area (Å²) in [5.41, 5.74) is 2.70. The summed E-state index contributed by atoms with van der Waals surface area (Å²) in [4.78, 5) is 17.8. The molecule has 0 unspecified atom stereocenters. The van der Waals surface area contributed by atoms with Gasteiger partial charge in [0.05, 0.1) is 0 Å². The maximum atomic E-state index is 10.4. The van der Waals surface area contributed by atoms with Crippen LogP contribution in [-0.2, 0) is 0 Å². The molecule has 2 aromatic rings. The third-order valence-corrected chi connectivity index (χ3v) is 2.16. The number of pyridine rings is 2. The molecule has 5 heteroatoms. The van der Waals surface area contributed by atoms with Crippen molar-refractivity contribution in [3.05, 3.63) is 52.5 Å². The van der Waals surface area contributed by atoms with Crippen LogP contribution in [0.5, 0.6) is 0 Å². The van der Waals surface area contributed by atoms with Crippen molar-refractivity contribution in [1.29, 1.82) is 0 Å². The minimum atomic E-state index is -0.512. The predicted octanol–water partition coefficient (Wildman–Crippen LogP) is 2.36. The molecule has 0 aliphatic carbocycles. The second-order valence-electron chi connectivity index (χ2n) is 3.35. The second-order valence-corrected chi connectivity index (χ2v) is 3.35. The van der Waals surface area contributed by atoms with E-state index in [4.69, 9.17) is 0 Å². The molecule has 16 heavy (non-hydrogen) atoms. The molecular formula is C11H9N3O2. The van der Waals surface area contributed by atoms with Gasteiger partial charge in [0.25, 0.3) is 0 Å². The highest BCUT2D eigenvalue weighted by molar-refractivity contribution is 5.62. The summed E-state index contributed by atoms with van der Waals surface area (Å²) in [5.74, 6) is -0.144. The van der Waals surface area contributed by atoms with Crippen molar-refractivity contribution >= 4 is 5.82 Å². The van der Waals surface area contributed by atoms with Crippen LogP contribution in [0.15, 0.2) is 36.7 Å². The number of nitrogens with zero attached hydrogens (tertiary/aromatic N) is 3. The molecule has 80 valence electrons. The summed E-state index contributed by atoms with van der Waals surface area (Å²) < 4.78 is 0. The Labute approximate surface area is 91.9 Å². The molecule has 2 rings (SSSR count). The van der Waals surface area contributed by atoms with E-state index in [1.165, 1.54) is 12.3 Å². The van der Waals surface area contributed by atoms with Crippen molar-refractivity contribution in [2.45, 2.75) is 6.92 Å². The summed E-state index contributed by atoms with van der Waals surface area (Å²) in [5, 5.41) is 10.4. The fraction of sp³-hybridized carbons (Fsp3) is 0.0909. The van der Waals surface area contributed by atoms with E-state index in [1.54, 1.807) is 12.3 Å². The molecule has 2 aromatic heterocycles. The van der Waals surface area contributed by atoms with Crippen molar-refractivity contribution < 1.29 is 4.92 Å². The molecule has 0 saturated heterocycles. The van der Waals surface area contributed by atoms with Crippen molar-refractivity contribution in [2.75, 3.05) is 0 Å². The average molecular weight is 215 g/mol. The van der Waals surface area contributed by atoms with Gasteiger partial charge in [0.2, 0.25) is 0 Å². The smallest absolute Gasteiger partial charge is 0.358 e. The number of hydrogen-bond acceptors (Lipinski definition) is 4. The van der Waals surface area contributed by atoms with Crippen molar-refractivity contribution in [1.82, 2.24) is 9.97 Å². The first kappa shape index (κ1) is 10.2. The van der Waals surface area contributed by atoms with Crippen LogP contribution >= 0.6 is 0 Å². The molecule has 0 radical (unpaired) electrons. The molecule has 0 saturated carbocycles. The topological polar surface area (TPSA) is 68.9 Å². The number of hydrogen-bond donors (Lipinski definition) is 0. The molecule has 0 aliphatic heterocycles. The number of rotatable bonds is 2.